The molecule has 0 aromatic heterocycles. The summed E-state index contributed by atoms with van der Waals surface area (Å²) in [4.78, 5) is 27.2. The van der Waals surface area contributed by atoms with Crippen LogP contribution in [0.2, 0.25) is 0 Å². The molecule has 124 valence electrons. The molecule has 8 nitrogen and oxygen atoms in total. The number of carbonyl (C=O) groups excluding carboxylic acids is 2. The Hall–Kier alpha value is -2.42. The number of esters is 1. The van der Waals surface area contributed by atoms with Crippen molar-refractivity contribution in [3.8, 4) is 0 Å². The molecular formula is C14H17N3O5S. The van der Waals surface area contributed by atoms with Gasteiger partial charge in [0.2, 0.25) is 0 Å². The number of hydrogen-bond acceptors (Lipinski definition) is 6. The van der Waals surface area contributed by atoms with E-state index in [1.54, 1.807) is 25.1 Å². The molecule has 0 saturated heterocycles. The fourth-order valence-electron chi connectivity index (χ4n) is 2.00. The predicted molar refractivity (Wildman–Crippen MR) is 82.4 cm³/mol. The van der Waals surface area contributed by atoms with Gasteiger partial charge >= 0.3 is 5.97 Å². The molecule has 0 unspecified atom stereocenters. The molecule has 0 spiro atoms. The predicted octanol–water partition coefficient (Wildman–Crippen LogP) is -0.207. The van der Waals surface area contributed by atoms with Crippen LogP contribution in [-0.2, 0) is 24.3 Å². The molecule has 1 aromatic carbocycles. The zero-order chi connectivity index (χ0) is 17.0. The number of nitrogens with zero attached hydrogens (tertiary/aromatic N) is 1. The summed E-state index contributed by atoms with van der Waals surface area (Å²) < 4.78 is 31.0. The smallest absolute Gasteiger partial charge is 0.328 e. The highest BCUT2D eigenvalue weighted by Crippen LogP contribution is 2.21. The zero-order valence-electron chi connectivity index (χ0n) is 12.7. The van der Waals surface area contributed by atoms with Crippen LogP contribution in [0.1, 0.15) is 19.4 Å². The van der Waals surface area contributed by atoms with E-state index in [0.29, 0.717) is 12.1 Å². The van der Waals surface area contributed by atoms with Crippen molar-refractivity contribution in [3.63, 3.8) is 0 Å². The molecule has 0 bridgehead atoms. The van der Waals surface area contributed by atoms with E-state index >= 15 is 0 Å². The van der Waals surface area contributed by atoms with E-state index in [1.165, 1.54) is 13.0 Å². The molecule has 0 aliphatic carbocycles. The lowest BCUT2D eigenvalue weighted by Gasteiger charge is -2.11. The summed E-state index contributed by atoms with van der Waals surface area (Å²) in [5.41, 5.74) is 0.400. The molecule has 1 atom stereocenters. The summed E-state index contributed by atoms with van der Waals surface area (Å²) in [5, 5.41) is 2.53. The highest BCUT2D eigenvalue weighted by Gasteiger charge is 2.30. The number of likely N-dealkylation sites (N-methyl/N-ethyl adjacent to an activating group) is 1. The first kappa shape index (κ1) is 16.9. The molecule has 0 saturated carbocycles. The van der Waals surface area contributed by atoms with Crippen LogP contribution in [-0.4, -0.2) is 45.3 Å². The monoisotopic (exact) mass is 339 g/mol. The molecule has 1 aliphatic heterocycles. The van der Waals surface area contributed by atoms with E-state index in [2.05, 4.69) is 15.0 Å². The summed E-state index contributed by atoms with van der Waals surface area (Å²) in [5.74, 6) is -1.04. The number of amides is 1. The third-order valence-corrected chi connectivity index (χ3v) is 4.45. The fourth-order valence-corrected chi connectivity index (χ4v) is 3.25. The SMILES string of the molecule is CCNC(=O)[C@@H](C)OC(=O)CN=C1NS(=O)(=O)c2ccccc21. The molecule has 2 N–H and O–H groups in total. The number of fused-ring (bicyclic) bond motifs is 1. The molecule has 2 rings (SSSR count). The minimum Gasteiger partial charge on any atom is -0.451 e. The lowest BCUT2D eigenvalue weighted by atomic mass is 10.2. The van der Waals surface area contributed by atoms with Gasteiger partial charge in [-0.1, -0.05) is 12.1 Å². The molecule has 0 fully saturated rings. The molecule has 9 heteroatoms. The van der Waals surface area contributed by atoms with Crippen molar-refractivity contribution in [2.75, 3.05) is 13.1 Å². The first-order valence-electron chi connectivity index (χ1n) is 6.99. The molecule has 23 heavy (non-hydrogen) atoms. The zero-order valence-corrected chi connectivity index (χ0v) is 13.5. The van der Waals surface area contributed by atoms with Gasteiger partial charge < -0.3 is 10.1 Å². The van der Waals surface area contributed by atoms with E-state index in [0.717, 1.165) is 0 Å². The minimum absolute atomic E-state index is 0.0863. The standard InChI is InChI=1S/C14H17N3O5S/c1-3-15-14(19)9(2)22-12(18)8-16-13-10-6-4-5-7-11(10)23(20,21)17-13/h4-7,9H,3,8H2,1-2H3,(H,15,19)(H,16,17)/t9-/m1/s1. The second-order valence-electron chi connectivity index (χ2n) is 4.79. The summed E-state index contributed by atoms with van der Waals surface area (Å²) in [6.07, 6.45) is -0.935. The molecule has 1 amide bonds. The lowest BCUT2D eigenvalue weighted by Crippen LogP contribution is -2.36. The van der Waals surface area contributed by atoms with Crippen molar-refractivity contribution in [3.05, 3.63) is 29.8 Å². The van der Waals surface area contributed by atoms with Crippen LogP contribution in [0.15, 0.2) is 34.2 Å². The third-order valence-electron chi connectivity index (χ3n) is 3.06. The highest BCUT2D eigenvalue weighted by atomic mass is 32.2. The average molecular weight is 339 g/mol. The van der Waals surface area contributed by atoms with Crippen molar-refractivity contribution in [2.45, 2.75) is 24.8 Å². The maximum absolute atomic E-state index is 11.9. The number of amidine groups is 1. The van der Waals surface area contributed by atoms with Gasteiger partial charge in [0, 0.05) is 12.1 Å². The Balaban J connectivity index is 2.04. The molecule has 1 aliphatic rings. The van der Waals surface area contributed by atoms with Gasteiger partial charge in [-0.3, -0.25) is 19.3 Å². The molecule has 1 heterocycles. The first-order chi connectivity index (χ1) is 10.8. The van der Waals surface area contributed by atoms with E-state index < -0.39 is 34.5 Å². The van der Waals surface area contributed by atoms with Crippen molar-refractivity contribution in [2.24, 2.45) is 4.99 Å². The largest absolute Gasteiger partial charge is 0.451 e. The molecular weight excluding hydrogens is 322 g/mol. The van der Waals surface area contributed by atoms with Crippen LogP contribution in [0.3, 0.4) is 0 Å². The summed E-state index contributed by atoms with van der Waals surface area (Å²) in [6, 6.07) is 6.32. The van der Waals surface area contributed by atoms with Gasteiger partial charge in [0.05, 0.1) is 4.90 Å². The van der Waals surface area contributed by atoms with E-state index in [9.17, 15) is 18.0 Å². The number of hydrogen-bond donors (Lipinski definition) is 2. The Kier molecular flexibility index (Phi) is 4.99. The quantitative estimate of drug-likeness (QED) is 0.721. The summed E-state index contributed by atoms with van der Waals surface area (Å²) in [6.45, 7) is 3.24. The molecule has 0 radical (unpaired) electrons. The number of aliphatic imine (C=N–C) groups is 1. The summed E-state index contributed by atoms with van der Waals surface area (Å²) >= 11 is 0. The van der Waals surface area contributed by atoms with Gasteiger partial charge in [-0.15, -0.1) is 0 Å². The Morgan fingerprint density at radius 1 is 1.35 bits per heavy atom. The maximum atomic E-state index is 11.9. The second kappa shape index (κ2) is 6.78. The van der Waals surface area contributed by atoms with E-state index in [1.807, 2.05) is 0 Å². The number of benzene rings is 1. The van der Waals surface area contributed by atoms with Gasteiger partial charge in [-0.25, -0.2) is 8.42 Å². The van der Waals surface area contributed by atoms with E-state index in [4.69, 9.17) is 4.74 Å². The van der Waals surface area contributed by atoms with Crippen LogP contribution in [0.4, 0.5) is 0 Å². The number of carbonyl (C=O) groups is 2. The number of nitrogens with one attached hydrogen (secondary N) is 2. The van der Waals surface area contributed by atoms with Crippen LogP contribution < -0.4 is 10.0 Å². The Morgan fingerprint density at radius 3 is 2.74 bits per heavy atom. The van der Waals surface area contributed by atoms with Crippen LogP contribution >= 0.6 is 0 Å². The topological polar surface area (TPSA) is 114 Å². The molecule has 1 aromatic rings. The first-order valence-corrected chi connectivity index (χ1v) is 8.47. The van der Waals surface area contributed by atoms with E-state index in [-0.39, 0.29) is 10.7 Å². The van der Waals surface area contributed by atoms with Crippen molar-refractivity contribution < 1.29 is 22.7 Å². The van der Waals surface area contributed by atoms with Gasteiger partial charge in [0.1, 0.15) is 12.4 Å². The van der Waals surface area contributed by atoms with Gasteiger partial charge in [0.15, 0.2) is 6.10 Å². The summed E-state index contributed by atoms with van der Waals surface area (Å²) in [7, 11) is -3.64. The van der Waals surface area contributed by atoms with Crippen molar-refractivity contribution in [1.82, 2.24) is 10.0 Å². The minimum atomic E-state index is -3.64. The lowest BCUT2D eigenvalue weighted by molar-refractivity contribution is -0.153. The Labute approximate surface area is 134 Å². The van der Waals surface area contributed by atoms with Crippen molar-refractivity contribution >= 4 is 27.7 Å². The van der Waals surface area contributed by atoms with Crippen LogP contribution in [0.25, 0.3) is 0 Å². The maximum Gasteiger partial charge on any atom is 0.328 e. The number of sulfonamides is 1. The Bertz CT molecular complexity index is 757. The third kappa shape index (κ3) is 3.86. The normalized spacial score (nSPS) is 17.9. The highest BCUT2D eigenvalue weighted by molar-refractivity contribution is 7.90. The number of ether oxygens (including phenoxy) is 1. The second-order valence-corrected chi connectivity index (χ2v) is 6.44. The Morgan fingerprint density at radius 2 is 2.04 bits per heavy atom. The van der Waals surface area contributed by atoms with Crippen LogP contribution in [0, 0.1) is 0 Å². The van der Waals surface area contributed by atoms with Gasteiger partial charge in [-0.2, -0.15) is 0 Å². The van der Waals surface area contributed by atoms with Crippen LogP contribution in [0.5, 0.6) is 0 Å². The fraction of sp³-hybridized carbons (Fsp3) is 0.357. The van der Waals surface area contributed by atoms with Crippen molar-refractivity contribution in [1.29, 1.82) is 0 Å². The number of rotatable bonds is 5. The van der Waals surface area contributed by atoms with Gasteiger partial charge in [0.25, 0.3) is 15.9 Å². The van der Waals surface area contributed by atoms with Gasteiger partial charge in [-0.05, 0) is 26.0 Å². The average Bonchev–Trinajstić information content (AvgIpc) is 2.77.